The van der Waals surface area contributed by atoms with Crippen molar-refractivity contribution in [2.45, 2.75) is 6.42 Å². The zero-order chi connectivity index (χ0) is 11.5. The molecule has 5 heteroatoms. The highest BCUT2D eigenvalue weighted by Gasteiger charge is 2.05. The Morgan fingerprint density at radius 2 is 2.06 bits per heavy atom. The van der Waals surface area contributed by atoms with Gasteiger partial charge in [-0.1, -0.05) is 0 Å². The predicted octanol–water partition coefficient (Wildman–Crippen LogP) is 0.983. The number of aromatic nitrogens is 2. The van der Waals surface area contributed by atoms with Gasteiger partial charge < -0.3 is 16.2 Å². The molecule has 4 N–H and O–H groups in total. The second-order valence-electron chi connectivity index (χ2n) is 3.58. The van der Waals surface area contributed by atoms with Crippen molar-refractivity contribution in [3.63, 3.8) is 0 Å². The van der Waals surface area contributed by atoms with Gasteiger partial charge >= 0.3 is 0 Å². The number of rotatable bonds is 3. The van der Waals surface area contributed by atoms with Crippen LogP contribution in [0.3, 0.4) is 0 Å². The number of nitrogens with two attached hydrogens (primary N) is 2. The molecule has 0 fully saturated rings. The molecule has 16 heavy (non-hydrogen) atoms. The summed E-state index contributed by atoms with van der Waals surface area (Å²) in [4.78, 5) is 8.48. The molecule has 0 saturated heterocycles. The van der Waals surface area contributed by atoms with E-state index in [1.54, 1.807) is 19.4 Å². The Morgan fingerprint density at radius 1 is 1.25 bits per heavy atom. The molecular weight excluding hydrogens is 204 g/mol. The molecule has 0 atom stereocenters. The van der Waals surface area contributed by atoms with Gasteiger partial charge in [-0.25, -0.2) is 4.98 Å². The van der Waals surface area contributed by atoms with Gasteiger partial charge in [0.15, 0.2) is 0 Å². The second kappa shape index (κ2) is 4.32. The van der Waals surface area contributed by atoms with Crippen LogP contribution in [0.5, 0.6) is 0 Å². The molecule has 2 aromatic rings. The van der Waals surface area contributed by atoms with Crippen LogP contribution >= 0.6 is 0 Å². The lowest BCUT2D eigenvalue weighted by molar-refractivity contribution is 0.202. The van der Waals surface area contributed by atoms with Crippen LogP contribution in [0, 0.1) is 0 Å². The van der Waals surface area contributed by atoms with E-state index in [0.29, 0.717) is 18.1 Å². The van der Waals surface area contributed by atoms with E-state index in [2.05, 4.69) is 9.97 Å². The quantitative estimate of drug-likeness (QED) is 0.802. The van der Waals surface area contributed by atoms with Crippen molar-refractivity contribution in [2.75, 3.05) is 25.2 Å². The number of methoxy groups -OCH3 is 1. The molecule has 0 aliphatic rings. The van der Waals surface area contributed by atoms with E-state index in [1.165, 1.54) is 0 Å². The summed E-state index contributed by atoms with van der Waals surface area (Å²) in [6.45, 7) is 0.617. The number of nitrogen functional groups attached to an aromatic ring is 2. The van der Waals surface area contributed by atoms with E-state index in [0.717, 1.165) is 23.0 Å². The van der Waals surface area contributed by atoms with Gasteiger partial charge in [0.2, 0.25) is 0 Å². The maximum Gasteiger partial charge on any atom is 0.127 e. The zero-order valence-corrected chi connectivity index (χ0v) is 9.10. The number of hydrogen-bond acceptors (Lipinski definition) is 5. The van der Waals surface area contributed by atoms with Crippen molar-refractivity contribution in [1.82, 2.24) is 9.97 Å². The molecular formula is C11H14N4O. The van der Waals surface area contributed by atoms with Crippen LogP contribution in [0.4, 0.5) is 11.5 Å². The second-order valence-corrected chi connectivity index (χ2v) is 3.58. The summed E-state index contributed by atoms with van der Waals surface area (Å²) in [6, 6.07) is 3.69. The molecule has 2 heterocycles. The molecule has 84 valence electrons. The Hall–Kier alpha value is -1.88. The van der Waals surface area contributed by atoms with E-state index in [-0.39, 0.29) is 0 Å². The summed E-state index contributed by atoms with van der Waals surface area (Å²) in [6.07, 6.45) is 2.34. The summed E-state index contributed by atoms with van der Waals surface area (Å²) in [5.74, 6) is 0.511. The number of fused-ring (bicyclic) bond motifs is 1. The highest BCUT2D eigenvalue weighted by molar-refractivity contribution is 5.79. The maximum absolute atomic E-state index is 5.84. The Labute approximate surface area is 93.4 Å². The summed E-state index contributed by atoms with van der Waals surface area (Å²) in [7, 11) is 1.66. The molecule has 2 aromatic heterocycles. The smallest absolute Gasteiger partial charge is 0.127 e. The summed E-state index contributed by atoms with van der Waals surface area (Å²) in [5.41, 5.74) is 14.5. The van der Waals surface area contributed by atoms with Gasteiger partial charge in [0, 0.05) is 7.11 Å². The van der Waals surface area contributed by atoms with Crippen LogP contribution in [-0.4, -0.2) is 23.7 Å². The number of pyridine rings is 2. The SMILES string of the molecule is COCCc1cc2ncc(N)cc2nc1N. The van der Waals surface area contributed by atoms with Crippen LogP contribution in [0.15, 0.2) is 18.3 Å². The van der Waals surface area contributed by atoms with Crippen molar-refractivity contribution < 1.29 is 4.74 Å². The lowest BCUT2D eigenvalue weighted by Gasteiger charge is -2.06. The minimum absolute atomic E-state index is 0.511. The minimum atomic E-state index is 0.511. The van der Waals surface area contributed by atoms with Crippen molar-refractivity contribution in [2.24, 2.45) is 0 Å². The van der Waals surface area contributed by atoms with E-state index in [9.17, 15) is 0 Å². The highest BCUT2D eigenvalue weighted by Crippen LogP contribution is 2.18. The van der Waals surface area contributed by atoms with Crippen LogP contribution in [0.2, 0.25) is 0 Å². The first-order valence-corrected chi connectivity index (χ1v) is 5.00. The first-order chi connectivity index (χ1) is 7.70. The molecule has 5 nitrogen and oxygen atoms in total. The Balaban J connectivity index is 2.45. The first-order valence-electron chi connectivity index (χ1n) is 5.00. The van der Waals surface area contributed by atoms with Crippen LogP contribution in [0.25, 0.3) is 11.0 Å². The lowest BCUT2D eigenvalue weighted by atomic mass is 10.1. The molecule has 0 spiro atoms. The third-order valence-corrected chi connectivity index (χ3v) is 2.37. The van der Waals surface area contributed by atoms with Gasteiger partial charge in [0.1, 0.15) is 5.82 Å². The fourth-order valence-electron chi connectivity index (χ4n) is 1.53. The van der Waals surface area contributed by atoms with Crippen molar-refractivity contribution in [3.05, 3.63) is 23.9 Å². The van der Waals surface area contributed by atoms with Crippen LogP contribution in [0.1, 0.15) is 5.56 Å². The maximum atomic E-state index is 5.84. The average Bonchev–Trinajstić information content (AvgIpc) is 2.26. The molecule has 0 aliphatic heterocycles. The van der Waals surface area contributed by atoms with Gasteiger partial charge in [0.05, 0.1) is 29.5 Å². The predicted molar refractivity (Wildman–Crippen MR) is 63.9 cm³/mol. The zero-order valence-electron chi connectivity index (χ0n) is 9.10. The van der Waals surface area contributed by atoms with Gasteiger partial charge in [-0.2, -0.15) is 0 Å². The number of ether oxygens (including phenoxy) is 1. The molecule has 0 unspecified atom stereocenters. The highest BCUT2D eigenvalue weighted by atomic mass is 16.5. The summed E-state index contributed by atoms with van der Waals surface area (Å²) < 4.78 is 5.01. The fourth-order valence-corrected chi connectivity index (χ4v) is 1.53. The Kier molecular flexibility index (Phi) is 2.87. The minimum Gasteiger partial charge on any atom is -0.397 e. The number of nitrogens with zero attached hydrogens (tertiary/aromatic N) is 2. The van der Waals surface area contributed by atoms with Crippen molar-refractivity contribution in [3.8, 4) is 0 Å². The third-order valence-electron chi connectivity index (χ3n) is 2.37. The molecule has 0 bridgehead atoms. The van der Waals surface area contributed by atoms with E-state index in [1.807, 2.05) is 6.07 Å². The van der Waals surface area contributed by atoms with Crippen molar-refractivity contribution in [1.29, 1.82) is 0 Å². The molecule has 0 amide bonds. The van der Waals surface area contributed by atoms with E-state index in [4.69, 9.17) is 16.2 Å². The largest absolute Gasteiger partial charge is 0.397 e. The fraction of sp³-hybridized carbons (Fsp3) is 0.273. The van der Waals surface area contributed by atoms with Gasteiger partial charge in [0.25, 0.3) is 0 Å². The van der Waals surface area contributed by atoms with Crippen LogP contribution < -0.4 is 11.5 Å². The molecule has 2 rings (SSSR count). The lowest BCUT2D eigenvalue weighted by Crippen LogP contribution is -2.03. The monoisotopic (exact) mass is 218 g/mol. The third kappa shape index (κ3) is 2.04. The van der Waals surface area contributed by atoms with E-state index >= 15 is 0 Å². The van der Waals surface area contributed by atoms with Gasteiger partial charge in [-0.05, 0) is 24.1 Å². The van der Waals surface area contributed by atoms with Gasteiger partial charge in [-0.3, -0.25) is 4.98 Å². The number of anilines is 2. The van der Waals surface area contributed by atoms with Crippen LogP contribution in [-0.2, 0) is 11.2 Å². The average molecular weight is 218 g/mol. The normalized spacial score (nSPS) is 10.8. The van der Waals surface area contributed by atoms with E-state index < -0.39 is 0 Å². The first kappa shape index (κ1) is 10.6. The Morgan fingerprint density at radius 3 is 2.81 bits per heavy atom. The topological polar surface area (TPSA) is 87.0 Å². The standard InChI is InChI=1S/C11H14N4O/c1-16-3-2-7-4-9-10(15-11(7)13)5-8(12)6-14-9/h4-6H,2-3,12H2,1H3,(H2,13,15). The van der Waals surface area contributed by atoms with Crippen molar-refractivity contribution >= 4 is 22.5 Å². The molecule has 0 aliphatic carbocycles. The Bertz CT molecular complexity index is 513. The number of hydrogen-bond donors (Lipinski definition) is 2. The molecule has 0 radical (unpaired) electrons. The molecule has 0 saturated carbocycles. The summed E-state index contributed by atoms with van der Waals surface area (Å²) >= 11 is 0. The van der Waals surface area contributed by atoms with Gasteiger partial charge in [-0.15, -0.1) is 0 Å². The summed E-state index contributed by atoms with van der Waals surface area (Å²) in [5, 5.41) is 0. The molecule has 0 aromatic carbocycles.